The Balaban J connectivity index is 2.17. The number of imidazole rings is 1. The zero-order chi connectivity index (χ0) is 14.4. The predicted molar refractivity (Wildman–Crippen MR) is 79.2 cm³/mol. The van der Waals surface area contributed by atoms with E-state index in [1.807, 2.05) is 25.6 Å². The van der Waals surface area contributed by atoms with Crippen LogP contribution >= 0.6 is 11.6 Å². The van der Waals surface area contributed by atoms with E-state index in [-0.39, 0.29) is 17.5 Å². The topological polar surface area (TPSA) is 44.9 Å². The van der Waals surface area contributed by atoms with E-state index in [1.54, 1.807) is 0 Å². The van der Waals surface area contributed by atoms with E-state index in [2.05, 4.69) is 16.6 Å². The Morgan fingerprint density at radius 1 is 1.40 bits per heavy atom. The molecule has 5 nitrogen and oxygen atoms in total. The van der Waals surface area contributed by atoms with E-state index in [1.165, 1.54) is 0 Å². The maximum atomic E-state index is 6.34. The molecule has 0 radical (unpaired) electrons. The Morgan fingerprint density at radius 2 is 2.15 bits per heavy atom. The van der Waals surface area contributed by atoms with Gasteiger partial charge in [0.2, 0.25) is 0 Å². The van der Waals surface area contributed by atoms with E-state index < -0.39 is 0 Å². The molecule has 0 amide bonds. The fourth-order valence-electron chi connectivity index (χ4n) is 3.14. The second-order valence-corrected chi connectivity index (χ2v) is 6.28. The largest absolute Gasteiger partial charge is 0.376 e. The van der Waals surface area contributed by atoms with Gasteiger partial charge in [0.1, 0.15) is 11.3 Å². The van der Waals surface area contributed by atoms with Gasteiger partial charge < -0.3 is 9.30 Å². The summed E-state index contributed by atoms with van der Waals surface area (Å²) in [5.74, 6) is 0.903. The molecule has 2 aromatic rings. The van der Waals surface area contributed by atoms with Gasteiger partial charge >= 0.3 is 0 Å². The van der Waals surface area contributed by atoms with Crippen molar-refractivity contribution in [2.45, 2.75) is 51.1 Å². The molecule has 1 saturated heterocycles. The van der Waals surface area contributed by atoms with Crippen LogP contribution in [0.1, 0.15) is 49.6 Å². The Bertz CT molecular complexity index is 625. The molecule has 110 valence electrons. The van der Waals surface area contributed by atoms with E-state index in [0.717, 1.165) is 42.1 Å². The first kappa shape index (κ1) is 13.9. The van der Waals surface area contributed by atoms with Crippen LogP contribution in [-0.2, 0) is 11.8 Å². The van der Waals surface area contributed by atoms with Gasteiger partial charge in [-0.2, -0.15) is 5.10 Å². The highest BCUT2D eigenvalue weighted by Gasteiger charge is 2.30. The predicted octanol–water partition coefficient (Wildman–Crippen LogP) is 3.12. The molecule has 0 spiro atoms. The molecular weight excluding hydrogens is 276 g/mol. The minimum atomic E-state index is -0.134. The highest BCUT2D eigenvalue weighted by molar-refractivity contribution is 6.20. The van der Waals surface area contributed by atoms with Crippen molar-refractivity contribution in [3.05, 3.63) is 11.5 Å². The van der Waals surface area contributed by atoms with Gasteiger partial charge in [0.15, 0.2) is 5.65 Å². The lowest BCUT2D eigenvalue weighted by atomic mass is 10.1. The van der Waals surface area contributed by atoms with Crippen LogP contribution < -0.4 is 0 Å². The first-order chi connectivity index (χ1) is 9.50. The van der Waals surface area contributed by atoms with Crippen molar-refractivity contribution in [1.29, 1.82) is 0 Å². The van der Waals surface area contributed by atoms with Crippen molar-refractivity contribution in [1.82, 2.24) is 19.3 Å². The summed E-state index contributed by atoms with van der Waals surface area (Å²) in [5.41, 5.74) is 2.92. The molecule has 3 rings (SSSR count). The number of hydrogen-bond donors (Lipinski definition) is 0. The normalized spacial score (nSPS) is 22.6. The molecule has 1 fully saturated rings. The van der Waals surface area contributed by atoms with Crippen LogP contribution in [0, 0.1) is 6.92 Å². The van der Waals surface area contributed by atoms with Gasteiger partial charge in [0, 0.05) is 13.7 Å². The monoisotopic (exact) mass is 296 g/mol. The van der Waals surface area contributed by atoms with Gasteiger partial charge in [0.05, 0.1) is 23.2 Å². The molecular formula is C14H21ClN4O. The summed E-state index contributed by atoms with van der Waals surface area (Å²) >= 11 is 6.34. The summed E-state index contributed by atoms with van der Waals surface area (Å²) in [7, 11) is 1.96. The summed E-state index contributed by atoms with van der Waals surface area (Å²) in [4.78, 5) is 4.72. The maximum absolute atomic E-state index is 6.34. The van der Waals surface area contributed by atoms with Crippen molar-refractivity contribution in [3.63, 3.8) is 0 Å². The van der Waals surface area contributed by atoms with Crippen LogP contribution in [0.2, 0.25) is 0 Å². The third-order valence-electron chi connectivity index (χ3n) is 4.13. The van der Waals surface area contributed by atoms with Crippen LogP contribution in [-0.4, -0.2) is 32.0 Å². The minimum Gasteiger partial charge on any atom is -0.376 e. The molecule has 20 heavy (non-hydrogen) atoms. The Labute approximate surface area is 123 Å². The number of hydrogen-bond acceptors (Lipinski definition) is 3. The molecule has 0 aromatic carbocycles. The number of alkyl halides is 1. The highest BCUT2D eigenvalue weighted by Crippen LogP contribution is 2.33. The Kier molecular flexibility index (Phi) is 3.50. The van der Waals surface area contributed by atoms with E-state index in [9.17, 15) is 0 Å². The second kappa shape index (κ2) is 5.04. The van der Waals surface area contributed by atoms with Crippen molar-refractivity contribution in [2.24, 2.45) is 7.05 Å². The van der Waals surface area contributed by atoms with Gasteiger partial charge in [-0.15, -0.1) is 11.6 Å². The fraction of sp³-hybridized carbons (Fsp3) is 0.714. The molecule has 3 heterocycles. The zero-order valence-corrected chi connectivity index (χ0v) is 13.2. The summed E-state index contributed by atoms with van der Waals surface area (Å²) in [6.07, 6.45) is 2.45. The van der Waals surface area contributed by atoms with Gasteiger partial charge in [-0.1, -0.05) is 0 Å². The number of ether oxygens (including phenoxy) is 1. The fourth-order valence-corrected chi connectivity index (χ4v) is 3.30. The van der Waals surface area contributed by atoms with Crippen molar-refractivity contribution in [3.8, 4) is 0 Å². The lowest BCUT2D eigenvalue weighted by Gasteiger charge is -2.23. The Hall–Kier alpha value is -1.07. The lowest BCUT2D eigenvalue weighted by molar-refractivity contribution is 0.0732. The number of aromatic nitrogens is 4. The molecule has 0 bridgehead atoms. The summed E-state index contributed by atoms with van der Waals surface area (Å²) in [5, 5.41) is 4.34. The summed E-state index contributed by atoms with van der Waals surface area (Å²) < 4.78 is 9.95. The van der Waals surface area contributed by atoms with Crippen molar-refractivity contribution in [2.75, 3.05) is 6.61 Å². The van der Waals surface area contributed by atoms with Gasteiger partial charge in [-0.25, -0.2) is 4.98 Å². The van der Waals surface area contributed by atoms with Crippen LogP contribution in [0.3, 0.4) is 0 Å². The van der Waals surface area contributed by atoms with Crippen LogP contribution in [0.5, 0.6) is 0 Å². The third kappa shape index (κ3) is 2.04. The highest BCUT2D eigenvalue weighted by atomic mass is 35.5. The number of aryl methyl sites for hydroxylation is 2. The van der Waals surface area contributed by atoms with E-state index >= 15 is 0 Å². The SMILES string of the molecule is Cc1nn(C)c2c1nc(C(C)Cl)n2C(C)C1CCCO1. The smallest absolute Gasteiger partial charge is 0.159 e. The van der Waals surface area contributed by atoms with E-state index in [0.29, 0.717) is 0 Å². The number of halogens is 1. The maximum Gasteiger partial charge on any atom is 0.159 e. The molecule has 1 aliphatic heterocycles. The summed E-state index contributed by atoms with van der Waals surface area (Å²) in [6.45, 7) is 6.98. The quantitative estimate of drug-likeness (QED) is 0.818. The molecule has 3 atom stereocenters. The van der Waals surface area contributed by atoms with Gasteiger partial charge in [0.25, 0.3) is 0 Å². The summed E-state index contributed by atoms with van der Waals surface area (Å²) in [6, 6.07) is 0.216. The average Bonchev–Trinajstić information content (AvgIpc) is 3.08. The van der Waals surface area contributed by atoms with E-state index in [4.69, 9.17) is 21.3 Å². The molecule has 0 aliphatic carbocycles. The molecule has 1 aliphatic rings. The standard InChI is InChI=1S/C14H21ClN4O/c1-8(15)13-16-12-9(2)17-18(4)14(12)19(13)10(3)11-6-5-7-20-11/h8,10-11H,5-7H2,1-4H3. The lowest BCUT2D eigenvalue weighted by Crippen LogP contribution is -2.23. The number of rotatable bonds is 3. The molecule has 2 aromatic heterocycles. The number of nitrogens with zero attached hydrogens (tertiary/aromatic N) is 4. The van der Waals surface area contributed by atoms with Gasteiger partial charge in [-0.3, -0.25) is 4.68 Å². The molecule has 6 heteroatoms. The first-order valence-electron chi connectivity index (χ1n) is 7.17. The van der Waals surface area contributed by atoms with Crippen molar-refractivity contribution < 1.29 is 4.74 Å². The van der Waals surface area contributed by atoms with Crippen LogP contribution in [0.25, 0.3) is 11.2 Å². The average molecular weight is 297 g/mol. The van der Waals surface area contributed by atoms with Crippen LogP contribution in [0.15, 0.2) is 0 Å². The third-order valence-corrected chi connectivity index (χ3v) is 4.32. The molecule has 3 unspecified atom stereocenters. The van der Waals surface area contributed by atoms with Crippen LogP contribution in [0.4, 0.5) is 0 Å². The van der Waals surface area contributed by atoms with Crippen molar-refractivity contribution >= 4 is 22.8 Å². The number of fused-ring (bicyclic) bond motifs is 1. The Morgan fingerprint density at radius 3 is 2.75 bits per heavy atom. The van der Waals surface area contributed by atoms with Gasteiger partial charge in [-0.05, 0) is 33.6 Å². The first-order valence-corrected chi connectivity index (χ1v) is 7.61. The molecule has 0 N–H and O–H groups in total. The zero-order valence-electron chi connectivity index (χ0n) is 12.4. The molecule has 0 saturated carbocycles. The second-order valence-electron chi connectivity index (χ2n) is 5.63. The minimum absolute atomic E-state index is 0.134.